The predicted octanol–water partition coefficient (Wildman–Crippen LogP) is 0.542. The number of nitrogens with zero attached hydrogens (tertiary/aromatic N) is 3. The zero-order chi connectivity index (χ0) is 20.1. The highest BCUT2D eigenvalue weighted by molar-refractivity contribution is 6.30. The molecule has 3 rings (SSSR count). The van der Waals surface area contributed by atoms with Crippen molar-refractivity contribution < 1.29 is 19.7 Å². The van der Waals surface area contributed by atoms with Gasteiger partial charge in [-0.2, -0.15) is 0 Å². The standard InChI is InChI=1S/C20H30ClN3O4/c1-28-13-12-22-8-10-23(11-9-22)14-20(27)15-24(7-6-18(20)25)19(26)16-2-4-17(21)5-3-16/h2-5,18,25,27H,6-15H2,1H3/t18-,20+/m0/s1. The summed E-state index contributed by atoms with van der Waals surface area (Å²) in [5.41, 5.74) is -0.787. The molecule has 0 bridgehead atoms. The second kappa shape index (κ2) is 9.52. The summed E-state index contributed by atoms with van der Waals surface area (Å²) in [6, 6.07) is 6.74. The van der Waals surface area contributed by atoms with E-state index in [0.717, 1.165) is 32.7 Å². The Kier molecular flexibility index (Phi) is 7.31. The first-order valence-electron chi connectivity index (χ1n) is 9.80. The molecule has 0 unspecified atom stereocenters. The summed E-state index contributed by atoms with van der Waals surface area (Å²) >= 11 is 5.90. The number of halogens is 1. The van der Waals surface area contributed by atoms with Gasteiger partial charge in [0.2, 0.25) is 0 Å². The fourth-order valence-corrected chi connectivity index (χ4v) is 4.07. The molecule has 1 amide bonds. The molecular weight excluding hydrogens is 382 g/mol. The number of β-amino-alcohol motifs (C(OH)–C–C–N with tert-alkyl or cyclic N) is 1. The van der Waals surface area contributed by atoms with E-state index in [4.69, 9.17) is 16.3 Å². The summed E-state index contributed by atoms with van der Waals surface area (Å²) in [5.74, 6) is -0.147. The smallest absolute Gasteiger partial charge is 0.253 e. The van der Waals surface area contributed by atoms with Crippen LogP contribution >= 0.6 is 11.6 Å². The van der Waals surface area contributed by atoms with Crippen LogP contribution in [0, 0.1) is 0 Å². The number of hydrogen-bond acceptors (Lipinski definition) is 6. The summed E-state index contributed by atoms with van der Waals surface area (Å²) in [4.78, 5) is 18.9. The van der Waals surface area contributed by atoms with Crippen molar-refractivity contribution in [1.29, 1.82) is 0 Å². The van der Waals surface area contributed by atoms with Crippen LogP contribution in [-0.4, -0.2) is 109 Å². The Morgan fingerprint density at radius 3 is 2.46 bits per heavy atom. The predicted molar refractivity (Wildman–Crippen MR) is 108 cm³/mol. The van der Waals surface area contributed by atoms with E-state index in [2.05, 4.69) is 9.80 Å². The van der Waals surface area contributed by atoms with Crippen LogP contribution in [0.4, 0.5) is 0 Å². The van der Waals surface area contributed by atoms with Crippen molar-refractivity contribution in [3.63, 3.8) is 0 Å². The maximum absolute atomic E-state index is 12.8. The van der Waals surface area contributed by atoms with E-state index in [-0.39, 0.29) is 12.5 Å². The van der Waals surface area contributed by atoms with Crippen molar-refractivity contribution in [3.8, 4) is 0 Å². The van der Waals surface area contributed by atoms with Crippen LogP contribution in [0.3, 0.4) is 0 Å². The van der Waals surface area contributed by atoms with Gasteiger partial charge in [0.25, 0.3) is 5.91 Å². The second-order valence-corrected chi connectivity index (χ2v) is 8.19. The molecule has 2 saturated heterocycles. The van der Waals surface area contributed by atoms with Crippen molar-refractivity contribution in [2.75, 3.05) is 66.1 Å². The number of ether oxygens (including phenoxy) is 1. The maximum Gasteiger partial charge on any atom is 0.253 e. The number of hydrogen-bond donors (Lipinski definition) is 2. The van der Waals surface area contributed by atoms with E-state index in [9.17, 15) is 15.0 Å². The van der Waals surface area contributed by atoms with Crippen LogP contribution < -0.4 is 0 Å². The molecule has 8 heteroatoms. The highest BCUT2D eigenvalue weighted by Crippen LogP contribution is 2.25. The van der Waals surface area contributed by atoms with Crippen LogP contribution in [-0.2, 0) is 4.74 Å². The molecule has 7 nitrogen and oxygen atoms in total. The molecule has 0 aliphatic carbocycles. The summed E-state index contributed by atoms with van der Waals surface area (Å²) in [7, 11) is 1.70. The lowest BCUT2D eigenvalue weighted by Crippen LogP contribution is -2.64. The molecule has 2 aliphatic rings. The normalized spacial score (nSPS) is 27.1. The van der Waals surface area contributed by atoms with Crippen molar-refractivity contribution in [2.24, 2.45) is 0 Å². The SMILES string of the molecule is COCCN1CCN(C[C@@]2(O)CN(C(=O)c3ccc(Cl)cc3)CC[C@@H]2O)CC1. The molecule has 156 valence electrons. The lowest BCUT2D eigenvalue weighted by Gasteiger charge is -2.46. The first-order chi connectivity index (χ1) is 13.4. The molecule has 2 heterocycles. The van der Waals surface area contributed by atoms with E-state index < -0.39 is 11.7 Å². The number of benzene rings is 1. The minimum absolute atomic E-state index is 0.125. The monoisotopic (exact) mass is 411 g/mol. The number of rotatable bonds is 6. The zero-order valence-electron chi connectivity index (χ0n) is 16.4. The van der Waals surface area contributed by atoms with Gasteiger partial charge in [-0.25, -0.2) is 0 Å². The Labute approximate surface area is 171 Å². The Bertz CT molecular complexity index is 651. The molecule has 2 aliphatic heterocycles. The highest BCUT2D eigenvalue weighted by atomic mass is 35.5. The number of aliphatic hydroxyl groups is 2. The third kappa shape index (κ3) is 5.23. The quantitative estimate of drug-likeness (QED) is 0.711. The van der Waals surface area contributed by atoms with Gasteiger partial charge >= 0.3 is 0 Å². The first kappa shape index (κ1) is 21.5. The Morgan fingerprint density at radius 1 is 1.18 bits per heavy atom. The number of piperazine rings is 1. The van der Waals surface area contributed by atoms with E-state index in [0.29, 0.717) is 36.7 Å². The van der Waals surface area contributed by atoms with Crippen LogP contribution in [0.2, 0.25) is 5.02 Å². The van der Waals surface area contributed by atoms with Gasteiger partial charge in [-0.1, -0.05) is 11.6 Å². The summed E-state index contributed by atoms with van der Waals surface area (Å²) in [6.07, 6.45) is -0.475. The van der Waals surface area contributed by atoms with Gasteiger partial charge in [0, 0.05) is 63.5 Å². The topological polar surface area (TPSA) is 76.5 Å². The number of amides is 1. The fourth-order valence-electron chi connectivity index (χ4n) is 3.94. The average molecular weight is 412 g/mol. The Morgan fingerprint density at radius 2 is 1.82 bits per heavy atom. The third-order valence-electron chi connectivity index (χ3n) is 5.71. The molecule has 0 saturated carbocycles. The number of likely N-dealkylation sites (tertiary alicyclic amines) is 1. The van der Waals surface area contributed by atoms with Gasteiger partial charge in [-0.3, -0.25) is 14.6 Å². The second-order valence-electron chi connectivity index (χ2n) is 7.75. The van der Waals surface area contributed by atoms with Gasteiger partial charge in [-0.05, 0) is 30.7 Å². The lowest BCUT2D eigenvalue weighted by molar-refractivity contribution is -0.129. The van der Waals surface area contributed by atoms with E-state index >= 15 is 0 Å². The maximum atomic E-state index is 12.8. The summed E-state index contributed by atoms with van der Waals surface area (Å²) in [6.45, 7) is 5.98. The van der Waals surface area contributed by atoms with E-state index in [1.807, 2.05) is 0 Å². The largest absolute Gasteiger partial charge is 0.390 e. The number of piperidine rings is 1. The van der Waals surface area contributed by atoms with Gasteiger partial charge in [-0.15, -0.1) is 0 Å². The Balaban J connectivity index is 1.58. The van der Waals surface area contributed by atoms with Crippen LogP contribution in [0.15, 0.2) is 24.3 Å². The zero-order valence-corrected chi connectivity index (χ0v) is 17.1. The first-order valence-corrected chi connectivity index (χ1v) is 10.2. The number of carbonyl (C=O) groups is 1. The lowest BCUT2D eigenvalue weighted by atomic mass is 9.88. The van der Waals surface area contributed by atoms with Crippen LogP contribution in [0.1, 0.15) is 16.8 Å². The molecule has 0 aromatic heterocycles. The van der Waals surface area contributed by atoms with Gasteiger partial charge in [0.1, 0.15) is 5.60 Å². The molecular formula is C20H30ClN3O4. The third-order valence-corrected chi connectivity index (χ3v) is 5.96. The average Bonchev–Trinajstić information content (AvgIpc) is 2.70. The van der Waals surface area contributed by atoms with Gasteiger partial charge in [0.15, 0.2) is 0 Å². The Hall–Kier alpha value is -1.22. The summed E-state index contributed by atoms with van der Waals surface area (Å²) in [5, 5.41) is 22.2. The molecule has 0 spiro atoms. The molecule has 0 radical (unpaired) electrons. The van der Waals surface area contributed by atoms with E-state index in [1.54, 1.807) is 36.3 Å². The highest BCUT2D eigenvalue weighted by Gasteiger charge is 2.44. The number of methoxy groups -OCH3 is 1. The van der Waals surface area contributed by atoms with Gasteiger partial charge < -0.3 is 19.8 Å². The fraction of sp³-hybridized carbons (Fsp3) is 0.650. The molecule has 28 heavy (non-hydrogen) atoms. The van der Waals surface area contributed by atoms with E-state index in [1.165, 1.54) is 0 Å². The molecule has 2 atom stereocenters. The van der Waals surface area contributed by atoms with Crippen molar-refractivity contribution in [2.45, 2.75) is 18.1 Å². The minimum atomic E-state index is -1.32. The van der Waals surface area contributed by atoms with Crippen LogP contribution in [0.5, 0.6) is 0 Å². The molecule has 1 aromatic rings. The van der Waals surface area contributed by atoms with Crippen LogP contribution in [0.25, 0.3) is 0 Å². The molecule has 2 fully saturated rings. The van der Waals surface area contributed by atoms with Crippen molar-refractivity contribution in [3.05, 3.63) is 34.9 Å². The van der Waals surface area contributed by atoms with Crippen molar-refractivity contribution in [1.82, 2.24) is 14.7 Å². The number of aliphatic hydroxyl groups excluding tert-OH is 1. The van der Waals surface area contributed by atoms with Gasteiger partial charge in [0.05, 0.1) is 19.3 Å². The number of carbonyl (C=O) groups excluding carboxylic acids is 1. The summed E-state index contributed by atoms with van der Waals surface area (Å²) < 4.78 is 5.13. The minimum Gasteiger partial charge on any atom is -0.390 e. The van der Waals surface area contributed by atoms with Crippen molar-refractivity contribution >= 4 is 17.5 Å². The molecule has 2 N–H and O–H groups in total. The molecule has 1 aromatic carbocycles.